The van der Waals surface area contributed by atoms with Gasteiger partial charge in [0, 0.05) is 13.7 Å². The first-order valence-electron chi connectivity index (χ1n) is 3.67. The van der Waals surface area contributed by atoms with Gasteiger partial charge in [-0.15, -0.1) is 0 Å². The Morgan fingerprint density at radius 1 is 1.73 bits per heavy atom. The van der Waals surface area contributed by atoms with Gasteiger partial charge in [0.1, 0.15) is 0 Å². The van der Waals surface area contributed by atoms with Gasteiger partial charge in [0.2, 0.25) is 0 Å². The molecular weight excluding hydrogens is 166 g/mol. The Kier molecular flexibility index (Phi) is 2.73. The minimum atomic E-state index is -0.410. The zero-order chi connectivity index (χ0) is 8.43. The molecule has 1 aliphatic heterocycles. The molecule has 2 unspecified atom stereocenters. The van der Waals surface area contributed by atoms with E-state index in [1.165, 1.54) is 4.90 Å². The maximum absolute atomic E-state index is 10.7. The van der Waals surface area contributed by atoms with Crippen LogP contribution in [0.25, 0.3) is 0 Å². The summed E-state index contributed by atoms with van der Waals surface area (Å²) in [5.41, 5.74) is 0. The topological polar surface area (TPSA) is 29.5 Å². The molecular formula is C7H12ClNO2. The van der Waals surface area contributed by atoms with Crippen molar-refractivity contribution in [2.24, 2.45) is 0 Å². The van der Waals surface area contributed by atoms with Crippen LogP contribution in [0.2, 0.25) is 0 Å². The van der Waals surface area contributed by atoms with Crippen LogP contribution in [-0.2, 0) is 4.74 Å². The van der Waals surface area contributed by atoms with Crippen LogP contribution < -0.4 is 0 Å². The Morgan fingerprint density at radius 3 is 2.73 bits per heavy atom. The van der Waals surface area contributed by atoms with Gasteiger partial charge in [-0.3, -0.25) is 4.79 Å². The molecule has 0 radical (unpaired) electrons. The molecule has 0 aromatic heterocycles. The van der Waals surface area contributed by atoms with Crippen molar-refractivity contribution in [2.45, 2.75) is 25.5 Å². The van der Waals surface area contributed by atoms with E-state index in [1.807, 2.05) is 6.92 Å². The molecule has 0 aromatic carbocycles. The summed E-state index contributed by atoms with van der Waals surface area (Å²) in [7, 11) is 1.70. The third-order valence-corrected chi connectivity index (χ3v) is 2.38. The second-order valence-corrected chi connectivity index (χ2v) is 3.12. The highest BCUT2D eigenvalue weighted by atomic mass is 35.5. The zero-order valence-electron chi connectivity index (χ0n) is 6.71. The molecule has 1 fully saturated rings. The summed E-state index contributed by atoms with van der Waals surface area (Å²) >= 11 is 5.31. The number of halogens is 1. The van der Waals surface area contributed by atoms with Gasteiger partial charge < -0.3 is 9.64 Å². The Morgan fingerprint density at radius 2 is 2.36 bits per heavy atom. The SMILES string of the molecule is CC1OCCC1N(C)C(=O)Cl. The van der Waals surface area contributed by atoms with Crippen LogP contribution >= 0.6 is 11.6 Å². The fraction of sp³-hybridized carbons (Fsp3) is 0.857. The maximum Gasteiger partial charge on any atom is 0.316 e. The fourth-order valence-electron chi connectivity index (χ4n) is 1.36. The number of carbonyl (C=O) groups excluding carboxylic acids is 1. The van der Waals surface area contributed by atoms with Gasteiger partial charge in [-0.2, -0.15) is 0 Å². The van der Waals surface area contributed by atoms with Crippen LogP contribution in [0.1, 0.15) is 13.3 Å². The summed E-state index contributed by atoms with van der Waals surface area (Å²) in [4.78, 5) is 12.2. The van der Waals surface area contributed by atoms with E-state index in [-0.39, 0.29) is 12.1 Å². The first kappa shape index (κ1) is 8.81. The predicted octanol–water partition coefficient (Wildman–Crippen LogP) is 1.45. The van der Waals surface area contributed by atoms with Gasteiger partial charge in [0.25, 0.3) is 0 Å². The number of ether oxygens (including phenoxy) is 1. The predicted molar refractivity (Wildman–Crippen MR) is 42.8 cm³/mol. The lowest BCUT2D eigenvalue weighted by Gasteiger charge is -2.23. The standard InChI is InChI=1S/C7H12ClNO2/c1-5-6(3-4-11-5)9(2)7(8)10/h5-6H,3-4H2,1-2H3. The van der Waals surface area contributed by atoms with Gasteiger partial charge in [-0.25, -0.2) is 0 Å². The third-order valence-electron chi connectivity index (χ3n) is 2.11. The Hall–Kier alpha value is -0.280. The number of hydrogen-bond donors (Lipinski definition) is 0. The molecule has 0 bridgehead atoms. The molecule has 0 saturated carbocycles. The molecule has 1 amide bonds. The Bertz CT molecular complexity index is 163. The molecule has 4 heteroatoms. The normalized spacial score (nSPS) is 30.5. The van der Waals surface area contributed by atoms with Crippen LogP contribution in [0.15, 0.2) is 0 Å². The van der Waals surface area contributed by atoms with Crippen molar-refractivity contribution < 1.29 is 9.53 Å². The summed E-state index contributed by atoms with van der Waals surface area (Å²) in [5, 5.41) is -0.410. The van der Waals surface area contributed by atoms with Gasteiger partial charge in [-0.1, -0.05) is 0 Å². The average molecular weight is 178 g/mol. The van der Waals surface area contributed by atoms with Crippen LogP contribution in [-0.4, -0.2) is 36.1 Å². The van der Waals surface area contributed by atoms with Crippen molar-refractivity contribution in [3.05, 3.63) is 0 Å². The second-order valence-electron chi connectivity index (χ2n) is 2.80. The number of nitrogens with zero attached hydrogens (tertiary/aromatic N) is 1. The number of likely N-dealkylation sites (N-methyl/N-ethyl adjacent to an activating group) is 1. The monoisotopic (exact) mass is 177 g/mol. The second kappa shape index (κ2) is 3.41. The molecule has 0 spiro atoms. The maximum atomic E-state index is 10.7. The van der Waals surface area contributed by atoms with Crippen molar-refractivity contribution in [2.75, 3.05) is 13.7 Å². The van der Waals surface area contributed by atoms with Crippen LogP contribution in [0.3, 0.4) is 0 Å². The summed E-state index contributed by atoms with van der Waals surface area (Å²) in [6, 6.07) is 0.153. The minimum absolute atomic E-state index is 0.114. The molecule has 0 aliphatic carbocycles. The first-order chi connectivity index (χ1) is 5.13. The van der Waals surface area contributed by atoms with Crippen molar-refractivity contribution in [3.8, 4) is 0 Å². The van der Waals surface area contributed by atoms with Crippen LogP contribution in [0.4, 0.5) is 4.79 Å². The van der Waals surface area contributed by atoms with Crippen molar-refractivity contribution in [3.63, 3.8) is 0 Å². The number of rotatable bonds is 1. The molecule has 11 heavy (non-hydrogen) atoms. The van der Waals surface area contributed by atoms with E-state index < -0.39 is 5.37 Å². The van der Waals surface area contributed by atoms with E-state index in [9.17, 15) is 4.79 Å². The molecule has 0 aromatic rings. The van der Waals surface area contributed by atoms with Crippen LogP contribution in [0.5, 0.6) is 0 Å². The average Bonchev–Trinajstić information content (AvgIpc) is 2.33. The van der Waals surface area contributed by atoms with Crippen molar-refractivity contribution in [1.82, 2.24) is 4.90 Å². The molecule has 1 saturated heterocycles. The van der Waals surface area contributed by atoms with Crippen LogP contribution in [0, 0.1) is 0 Å². The third kappa shape index (κ3) is 1.84. The highest BCUT2D eigenvalue weighted by molar-refractivity contribution is 6.62. The molecule has 0 N–H and O–H groups in total. The summed E-state index contributed by atoms with van der Waals surface area (Å²) in [6.45, 7) is 2.67. The van der Waals surface area contributed by atoms with E-state index >= 15 is 0 Å². The molecule has 2 atom stereocenters. The van der Waals surface area contributed by atoms with Crippen molar-refractivity contribution in [1.29, 1.82) is 0 Å². The lowest BCUT2D eigenvalue weighted by Crippen LogP contribution is -2.38. The molecule has 1 heterocycles. The van der Waals surface area contributed by atoms with Gasteiger partial charge >= 0.3 is 5.37 Å². The zero-order valence-corrected chi connectivity index (χ0v) is 7.47. The highest BCUT2D eigenvalue weighted by Crippen LogP contribution is 2.18. The molecule has 3 nitrogen and oxygen atoms in total. The minimum Gasteiger partial charge on any atom is -0.376 e. The molecule has 1 rings (SSSR count). The Labute approximate surface area is 71.3 Å². The Balaban J connectivity index is 2.52. The number of carbonyl (C=O) groups is 1. The number of amides is 1. The van der Waals surface area contributed by atoms with E-state index in [0.29, 0.717) is 0 Å². The van der Waals surface area contributed by atoms with E-state index in [4.69, 9.17) is 16.3 Å². The van der Waals surface area contributed by atoms with Crippen molar-refractivity contribution >= 4 is 17.0 Å². The molecule has 64 valence electrons. The van der Waals surface area contributed by atoms with E-state index in [1.54, 1.807) is 7.05 Å². The summed E-state index contributed by atoms with van der Waals surface area (Å²) in [6.07, 6.45) is 0.999. The van der Waals surface area contributed by atoms with Gasteiger partial charge in [0.05, 0.1) is 12.1 Å². The highest BCUT2D eigenvalue weighted by Gasteiger charge is 2.29. The van der Waals surface area contributed by atoms with E-state index in [2.05, 4.69) is 0 Å². The van der Waals surface area contributed by atoms with Gasteiger partial charge in [-0.05, 0) is 24.9 Å². The fourth-order valence-corrected chi connectivity index (χ4v) is 1.48. The smallest absolute Gasteiger partial charge is 0.316 e. The molecule has 1 aliphatic rings. The number of hydrogen-bond acceptors (Lipinski definition) is 2. The summed E-state index contributed by atoms with van der Waals surface area (Å²) in [5.74, 6) is 0. The lowest BCUT2D eigenvalue weighted by molar-refractivity contribution is 0.0945. The largest absolute Gasteiger partial charge is 0.376 e. The quantitative estimate of drug-likeness (QED) is 0.448. The van der Waals surface area contributed by atoms with E-state index in [0.717, 1.165) is 13.0 Å². The summed E-state index contributed by atoms with van der Waals surface area (Å²) < 4.78 is 5.28. The lowest BCUT2D eigenvalue weighted by atomic mass is 10.1. The van der Waals surface area contributed by atoms with Gasteiger partial charge in [0.15, 0.2) is 0 Å². The first-order valence-corrected chi connectivity index (χ1v) is 4.04.